The van der Waals surface area contributed by atoms with Gasteiger partial charge in [-0.05, 0) is 30.7 Å². The average molecular weight is 455 g/mol. The molecular weight excluding hydrogens is 438 g/mol. The first-order valence-electron chi connectivity index (χ1n) is 7.82. The first-order valence-corrected chi connectivity index (χ1v) is 8.99. The van der Waals surface area contributed by atoms with Gasteiger partial charge in [-0.1, -0.05) is 57.9 Å². The number of benzene rings is 2. The average Bonchev–Trinajstić information content (AvgIpc) is 2.61. The van der Waals surface area contributed by atoms with Gasteiger partial charge in [-0.25, -0.2) is 4.79 Å². The minimum atomic E-state index is -1.50. The van der Waals surface area contributed by atoms with Crippen LogP contribution in [0.2, 0.25) is 5.02 Å². The van der Waals surface area contributed by atoms with Crippen LogP contribution in [-0.2, 0) is 11.2 Å². The molecule has 0 aliphatic rings. The largest absolute Gasteiger partial charge is 0.465 e. The molecule has 0 radical (unpaired) electrons. The van der Waals surface area contributed by atoms with Crippen LogP contribution in [0.5, 0.6) is 0 Å². The van der Waals surface area contributed by atoms with Gasteiger partial charge in [0.2, 0.25) is 0 Å². The molecule has 0 bridgehead atoms. The number of rotatable bonds is 5. The second-order valence-corrected chi connectivity index (χ2v) is 7.28. The third-order valence-corrected chi connectivity index (χ3v) is 4.57. The second kappa shape index (κ2) is 8.88. The molecule has 4 N–H and O–H groups in total. The molecule has 2 aromatic rings. The SMILES string of the molecule is CC(Cc1ccccc1)(NC(=O)O)C(=O)NNC(=O)c1cc(Br)ccc1Cl. The fourth-order valence-electron chi connectivity index (χ4n) is 2.41. The summed E-state index contributed by atoms with van der Waals surface area (Å²) in [4.78, 5) is 36.0. The number of nitrogens with one attached hydrogen (secondary N) is 3. The molecule has 0 saturated carbocycles. The fourth-order valence-corrected chi connectivity index (χ4v) is 2.98. The molecule has 9 heteroatoms. The number of hydrazine groups is 1. The van der Waals surface area contributed by atoms with E-state index in [4.69, 9.17) is 16.7 Å². The lowest BCUT2D eigenvalue weighted by Gasteiger charge is -2.28. The van der Waals surface area contributed by atoms with Crippen molar-refractivity contribution < 1.29 is 19.5 Å². The van der Waals surface area contributed by atoms with Gasteiger partial charge in [-0.2, -0.15) is 0 Å². The minimum Gasteiger partial charge on any atom is -0.465 e. The summed E-state index contributed by atoms with van der Waals surface area (Å²) in [6, 6.07) is 13.6. The number of carbonyl (C=O) groups is 3. The number of halogens is 2. The highest BCUT2D eigenvalue weighted by molar-refractivity contribution is 9.10. The van der Waals surface area contributed by atoms with Crippen LogP contribution in [0.4, 0.5) is 4.79 Å². The van der Waals surface area contributed by atoms with Crippen molar-refractivity contribution in [2.24, 2.45) is 0 Å². The summed E-state index contributed by atoms with van der Waals surface area (Å²) in [6.45, 7) is 1.43. The Hall–Kier alpha value is -2.58. The molecule has 0 aliphatic heterocycles. The summed E-state index contributed by atoms with van der Waals surface area (Å²) in [5, 5.41) is 11.5. The number of carboxylic acid groups (broad SMARTS) is 1. The monoisotopic (exact) mass is 453 g/mol. The van der Waals surface area contributed by atoms with Gasteiger partial charge in [0.1, 0.15) is 5.54 Å². The third-order valence-electron chi connectivity index (χ3n) is 3.75. The lowest BCUT2D eigenvalue weighted by Crippen LogP contribution is -2.61. The van der Waals surface area contributed by atoms with E-state index in [1.807, 2.05) is 6.07 Å². The van der Waals surface area contributed by atoms with E-state index in [-0.39, 0.29) is 17.0 Å². The zero-order chi connectivity index (χ0) is 20.0. The summed E-state index contributed by atoms with van der Waals surface area (Å²) >= 11 is 9.23. The molecule has 0 aromatic heterocycles. The third kappa shape index (κ3) is 5.70. The first-order chi connectivity index (χ1) is 12.7. The molecule has 1 unspecified atom stereocenters. The molecule has 7 nitrogen and oxygen atoms in total. The van der Waals surface area contributed by atoms with Crippen LogP contribution >= 0.6 is 27.5 Å². The van der Waals surface area contributed by atoms with Crippen molar-refractivity contribution in [3.05, 3.63) is 69.2 Å². The molecule has 0 saturated heterocycles. The standard InChI is InChI=1S/C18H17BrClN3O4/c1-18(21-17(26)27,10-11-5-3-2-4-6-11)16(25)23-22-15(24)13-9-12(19)7-8-14(13)20/h2-9,21H,10H2,1H3,(H,22,24)(H,23,25)(H,26,27). The quantitative estimate of drug-likeness (QED) is 0.521. The van der Waals surface area contributed by atoms with Crippen LogP contribution in [-0.4, -0.2) is 28.6 Å². The Balaban J connectivity index is 2.12. The van der Waals surface area contributed by atoms with Crippen molar-refractivity contribution in [1.29, 1.82) is 0 Å². The Kier molecular flexibility index (Phi) is 6.81. The Bertz CT molecular complexity index is 863. The number of carbonyl (C=O) groups excluding carboxylic acids is 2. The molecule has 2 aromatic carbocycles. The molecule has 3 amide bonds. The maximum absolute atomic E-state index is 12.6. The molecular formula is C18H17BrClN3O4. The molecule has 1 atom stereocenters. The predicted molar refractivity (Wildman–Crippen MR) is 104 cm³/mol. The molecule has 0 heterocycles. The maximum atomic E-state index is 12.6. The van der Waals surface area contributed by atoms with Crippen LogP contribution in [0.15, 0.2) is 53.0 Å². The summed E-state index contributed by atoms with van der Waals surface area (Å²) in [5.74, 6) is -1.35. The van der Waals surface area contributed by atoms with Gasteiger partial charge in [0.15, 0.2) is 0 Å². The predicted octanol–water partition coefficient (Wildman–Crippen LogP) is 3.13. The van der Waals surface area contributed by atoms with Gasteiger partial charge in [-0.15, -0.1) is 0 Å². The van der Waals surface area contributed by atoms with Crippen molar-refractivity contribution >= 4 is 45.4 Å². The van der Waals surface area contributed by atoms with E-state index in [2.05, 4.69) is 32.1 Å². The lowest BCUT2D eigenvalue weighted by atomic mass is 9.92. The van der Waals surface area contributed by atoms with Crippen LogP contribution in [0.25, 0.3) is 0 Å². The Morgan fingerprint density at radius 3 is 2.41 bits per heavy atom. The van der Waals surface area contributed by atoms with Crippen molar-refractivity contribution in [2.45, 2.75) is 18.9 Å². The van der Waals surface area contributed by atoms with Crippen molar-refractivity contribution in [1.82, 2.24) is 16.2 Å². The van der Waals surface area contributed by atoms with E-state index in [0.717, 1.165) is 5.56 Å². The lowest BCUT2D eigenvalue weighted by molar-refractivity contribution is -0.127. The summed E-state index contributed by atoms with van der Waals surface area (Å²) in [6.07, 6.45) is -1.26. The van der Waals surface area contributed by atoms with Crippen LogP contribution < -0.4 is 16.2 Å². The van der Waals surface area contributed by atoms with E-state index < -0.39 is 23.4 Å². The zero-order valence-electron chi connectivity index (χ0n) is 14.3. The highest BCUT2D eigenvalue weighted by atomic mass is 79.9. The highest BCUT2D eigenvalue weighted by Crippen LogP contribution is 2.20. The minimum absolute atomic E-state index is 0.0967. The number of hydrogen-bond acceptors (Lipinski definition) is 3. The molecule has 142 valence electrons. The zero-order valence-corrected chi connectivity index (χ0v) is 16.6. The highest BCUT2D eigenvalue weighted by Gasteiger charge is 2.35. The first kappa shape index (κ1) is 20.7. The van der Waals surface area contributed by atoms with Crippen LogP contribution in [0, 0.1) is 0 Å². The van der Waals surface area contributed by atoms with Crippen molar-refractivity contribution in [3.63, 3.8) is 0 Å². The summed E-state index contributed by atoms with van der Waals surface area (Å²) in [5.41, 5.74) is 3.92. The van der Waals surface area contributed by atoms with Crippen molar-refractivity contribution in [3.8, 4) is 0 Å². The van der Waals surface area contributed by atoms with Gasteiger partial charge in [0, 0.05) is 10.9 Å². The molecule has 0 aliphatic carbocycles. The van der Waals surface area contributed by atoms with Gasteiger partial charge in [0.05, 0.1) is 10.6 Å². The van der Waals surface area contributed by atoms with Crippen LogP contribution in [0.1, 0.15) is 22.8 Å². The Morgan fingerprint density at radius 2 is 1.78 bits per heavy atom. The molecule has 27 heavy (non-hydrogen) atoms. The van der Waals surface area contributed by atoms with E-state index in [1.165, 1.54) is 19.1 Å². The summed E-state index contributed by atoms with van der Waals surface area (Å²) < 4.78 is 0.643. The normalized spacial score (nSPS) is 12.6. The second-order valence-electron chi connectivity index (χ2n) is 5.96. The fraction of sp³-hybridized carbons (Fsp3) is 0.167. The maximum Gasteiger partial charge on any atom is 0.405 e. The number of amides is 3. The van der Waals surface area contributed by atoms with Crippen LogP contribution in [0.3, 0.4) is 0 Å². The van der Waals surface area contributed by atoms with E-state index in [1.54, 1.807) is 30.3 Å². The van der Waals surface area contributed by atoms with E-state index in [0.29, 0.717) is 4.47 Å². The van der Waals surface area contributed by atoms with E-state index >= 15 is 0 Å². The summed E-state index contributed by atoms with van der Waals surface area (Å²) in [7, 11) is 0. The van der Waals surface area contributed by atoms with Crippen molar-refractivity contribution in [2.75, 3.05) is 0 Å². The van der Waals surface area contributed by atoms with Gasteiger partial charge in [-0.3, -0.25) is 20.4 Å². The Labute approximate surface area is 169 Å². The topological polar surface area (TPSA) is 108 Å². The molecule has 0 fully saturated rings. The molecule has 2 rings (SSSR count). The smallest absolute Gasteiger partial charge is 0.405 e. The molecule has 0 spiro atoms. The van der Waals surface area contributed by atoms with Gasteiger partial charge < -0.3 is 10.4 Å². The van der Waals surface area contributed by atoms with Gasteiger partial charge in [0.25, 0.3) is 11.8 Å². The number of hydrogen-bond donors (Lipinski definition) is 4. The van der Waals surface area contributed by atoms with E-state index in [9.17, 15) is 14.4 Å². The Morgan fingerprint density at radius 1 is 1.11 bits per heavy atom. The van der Waals surface area contributed by atoms with Gasteiger partial charge >= 0.3 is 6.09 Å².